The van der Waals surface area contributed by atoms with Crippen molar-refractivity contribution in [3.05, 3.63) is 6.33 Å². The monoisotopic (exact) mass is 473 g/mol. The smallest absolute Gasteiger partial charge is 0.387 e. The van der Waals surface area contributed by atoms with Crippen LogP contribution in [0.25, 0.3) is 11.2 Å². The summed E-state index contributed by atoms with van der Waals surface area (Å²) in [6.45, 7) is 0.120. The van der Waals surface area contributed by atoms with Crippen molar-refractivity contribution in [2.24, 2.45) is 0 Å². The Morgan fingerprint density at radius 2 is 2.10 bits per heavy atom. The molecule has 18 heteroatoms. The van der Waals surface area contributed by atoms with Gasteiger partial charge in [0, 0.05) is 7.05 Å². The van der Waals surface area contributed by atoms with Crippen molar-refractivity contribution in [3.63, 3.8) is 0 Å². The number of hydrogen-bond acceptors (Lipinski definition) is 10. The zero-order valence-electron chi connectivity index (χ0n) is 15.5. The van der Waals surface area contributed by atoms with Gasteiger partial charge >= 0.3 is 21.3 Å². The van der Waals surface area contributed by atoms with Crippen LogP contribution in [-0.2, 0) is 22.7 Å². The first-order valence-electron chi connectivity index (χ1n) is 8.25. The third-order valence-corrected chi connectivity index (χ3v) is 6.47. The number of aliphatic hydroxyl groups excluding tert-OH is 1. The molecule has 0 radical (unpaired) electrons. The lowest BCUT2D eigenvalue weighted by Gasteiger charge is -2.22. The van der Waals surface area contributed by atoms with Crippen LogP contribution in [0.5, 0.6) is 0 Å². The molecular formula is C12H20FN6O9P2+. The number of aromatic amines is 1. The van der Waals surface area contributed by atoms with E-state index in [0.29, 0.717) is 11.3 Å². The van der Waals surface area contributed by atoms with Gasteiger partial charge in [-0.2, -0.15) is 9.29 Å². The van der Waals surface area contributed by atoms with Gasteiger partial charge < -0.3 is 35.6 Å². The zero-order chi connectivity index (χ0) is 22.5. The predicted octanol–water partition coefficient (Wildman–Crippen LogP) is -0.918. The van der Waals surface area contributed by atoms with Crippen molar-refractivity contribution in [1.82, 2.24) is 15.0 Å². The summed E-state index contributed by atoms with van der Waals surface area (Å²) in [7, 11) is -8.96. The van der Waals surface area contributed by atoms with Crippen molar-refractivity contribution < 1.29 is 51.4 Å². The molecule has 2 aromatic rings. The van der Waals surface area contributed by atoms with E-state index in [0.717, 1.165) is 6.92 Å². The second-order valence-electron chi connectivity index (χ2n) is 6.52. The van der Waals surface area contributed by atoms with Gasteiger partial charge in [-0.15, -0.1) is 0 Å². The third-order valence-electron chi connectivity index (χ3n) is 4.32. The fourth-order valence-electron chi connectivity index (χ4n) is 3.02. The van der Waals surface area contributed by atoms with Gasteiger partial charge in [0.05, 0.1) is 6.61 Å². The summed E-state index contributed by atoms with van der Waals surface area (Å²) in [5, 5.41) is 13.1. The molecule has 1 fully saturated rings. The van der Waals surface area contributed by atoms with E-state index >= 15 is 4.39 Å². The maximum absolute atomic E-state index is 15.3. The number of phosphoric acid groups is 2. The first kappa shape index (κ1) is 22.9. The Hall–Kier alpha value is -1.74. The van der Waals surface area contributed by atoms with Crippen LogP contribution in [0.4, 0.5) is 16.2 Å². The number of nitrogen functional groups attached to an aromatic ring is 1. The average molecular weight is 473 g/mol. The molecule has 0 bridgehead atoms. The highest BCUT2D eigenvalue weighted by atomic mass is 31.3. The molecule has 0 aromatic carbocycles. The Morgan fingerprint density at radius 3 is 2.70 bits per heavy atom. The van der Waals surface area contributed by atoms with E-state index in [-0.39, 0.29) is 11.6 Å². The predicted molar refractivity (Wildman–Crippen MR) is 96.4 cm³/mol. The molecule has 5 atom stereocenters. The van der Waals surface area contributed by atoms with E-state index in [9.17, 15) is 19.1 Å². The van der Waals surface area contributed by atoms with Crippen LogP contribution in [0.3, 0.4) is 0 Å². The molecule has 1 aliphatic heterocycles. The summed E-state index contributed by atoms with van der Waals surface area (Å²) >= 11 is 0. The number of aliphatic hydroxyl groups is 1. The molecule has 0 saturated carbocycles. The Balaban J connectivity index is 1.86. The highest BCUT2D eigenvalue weighted by molar-refractivity contribution is 7.60. The van der Waals surface area contributed by atoms with Gasteiger partial charge in [0.1, 0.15) is 12.2 Å². The van der Waals surface area contributed by atoms with Gasteiger partial charge in [0.2, 0.25) is 11.7 Å². The number of ether oxygens (including phenoxy) is 1. The average Bonchev–Trinajstić information content (AvgIpc) is 3.10. The molecule has 30 heavy (non-hydrogen) atoms. The summed E-state index contributed by atoms with van der Waals surface area (Å²) in [6.07, 6.45) is -3.51. The molecule has 3 heterocycles. The summed E-state index contributed by atoms with van der Waals surface area (Å²) < 4.78 is 52.4. The van der Waals surface area contributed by atoms with Gasteiger partial charge in [-0.1, -0.05) is 4.98 Å². The van der Waals surface area contributed by atoms with Crippen molar-refractivity contribution in [1.29, 1.82) is 0 Å². The minimum absolute atomic E-state index is 0.116. The molecule has 1 saturated heterocycles. The molecule has 3 rings (SSSR count). The van der Waals surface area contributed by atoms with E-state index in [1.165, 1.54) is 10.9 Å². The minimum Gasteiger partial charge on any atom is -0.387 e. The number of hydrogen-bond donors (Lipinski definition) is 7. The Bertz CT molecular complexity index is 1040. The number of rotatable bonds is 7. The number of fused-ring (bicyclic) bond motifs is 1. The van der Waals surface area contributed by atoms with E-state index in [2.05, 4.69) is 29.1 Å². The van der Waals surface area contributed by atoms with Crippen LogP contribution >= 0.6 is 15.6 Å². The normalized spacial score (nSPS) is 29.2. The topological polar surface area (TPSA) is 226 Å². The fourth-order valence-corrected chi connectivity index (χ4v) is 4.62. The largest absolute Gasteiger partial charge is 0.481 e. The van der Waals surface area contributed by atoms with Crippen LogP contribution in [0.2, 0.25) is 0 Å². The van der Waals surface area contributed by atoms with Gasteiger partial charge in [0.25, 0.3) is 5.95 Å². The number of nitrogens with zero attached hydrogens (tertiary/aromatic N) is 3. The second-order valence-corrected chi connectivity index (χ2v) is 9.35. The highest BCUT2D eigenvalue weighted by Gasteiger charge is 2.58. The van der Waals surface area contributed by atoms with Crippen molar-refractivity contribution in [2.45, 2.75) is 31.0 Å². The van der Waals surface area contributed by atoms with Crippen molar-refractivity contribution in [2.75, 3.05) is 24.7 Å². The van der Waals surface area contributed by atoms with Crippen LogP contribution in [0.15, 0.2) is 6.33 Å². The lowest BCUT2D eigenvalue weighted by molar-refractivity contribution is -0.749. The highest BCUT2D eigenvalue weighted by Crippen LogP contribution is 2.57. The maximum Gasteiger partial charge on any atom is 0.481 e. The number of nitrogens with two attached hydrogens (primary N) is 1. The molecule has 0 amide bonds. The number of alkyl halides is 1. The number of nitrogens with one attached hydrogen (secondary N) is 2. The number of aromatic nitrogens is 4. The van der Waals surface area contributed by atoms with E-state index in [1.807, 2.05) is 0 Å². The first-order valence-corrected chi connectivity index (χ1v) is 11.3. The van der Waals surface area contributed by atoms with Gasteiger partial charge in [0.15, 0.2) is 17.8 Å². The molecule has 0 spiro atoms. The lowest BCUT2D eigenvalue weighted by Crippen LogP contribution is -2.50. The third kappa shape index (κ3) is 4.46. The molecule has 168 valence electrons. The second kappa shape index (κ2) is 7.75. The number of halogens is 1. The Morgan fingerprint density at radius 1 is 1.43 bits per heavy atom. The quantitative estimate of drug-likeness (QED) is 0.191. The summed E-state index contributed by atoms with van der Waals surface area (Å²) in [4.78, 5) is 37.4. The lowest BCUT2D eigenvalue weighted by atomic mass is 9.98. The number of phosphoric ester groups is 1. The van der Waals surface area contributed by atoms with E-state index in [4.69, 9.17) is 20.3 Å². The maximum atomic E-state index is 15.3. The Labute approximate surface area is 167 Å². The summed E-state index contributed by atoms with van der Waals surface area (Å²) in [5.41, 5.74) is 3.75. The number of imidazole rings is 1. The van der Waals surface area contributed by atoms with Crippen molar-refractivity contribution >= 4 is 38.6 Å². The number of H-pyrrole nitrogens is 1. The molecular weight excluding hydrogens is 453 g/mol. The SMILES string of the molecule is CNc1nc(N)nc2c1[nH]c[n+]2C1OC(COP(=O)(O)OP(=O)(O)O)C(O)C1(C)F. The van der Waals surface area contributed by atoms with Gasteiger partial charge in [-0.3, -0.25) is 9.51 Å². The molecule has 15 nitrogen and oxygen atoms in total. The van der Waals surface area contributed by atoms with E-state index < -0.39 is 46.4 Å². The standard InChI is InChI=1S/C12H19FN6O9P2/c1-12(13)7(20)5(3-26-30(24,25)28-29(21,22)23)27-10(12)19-4-16-6-8(15-2)17-11(14)18-9(6)19/h4-5,7,10,20H,3H2,1-2H3,(H6,14,15,17,18,21,22,23,24,25)/p+1. The summed E-state index contributed by atoms with van der Waals surface area (Å²) in [5.74, 6) is 0.209. The zero-order valence-corrected chi connectivity index (χ0v) is 17.3. The Kier molecular flexibility index (Phi) is 5.92. The van der Waals surface area contributed by atoms with Crippen LogP contribution in [-0.4, -0.2) is 66.3 Å². The van der Waals surface area contributed by atoms with Gasteiger partial charge in [-0.25, -0.2) is 18.1 Å². The van der Waals surface area contributed by atoms with Crippen LogP contribution in [0, 0.1) is 0 Å². The molecule has 2 aromatic heterocycles. The summed E-state index contributed by atoms with van der Waals surface area (Å²) in [6, 6.07) is 0. The molecule has 8 N–H and O–H groups in total. The molecule has 5 unspecified atom stereocenters. The van der Waals surface area contributed by atoms with Crippen LogP contribution < -0.4 is 15.6 Å². The first-order chi connectivity index (χ1) is 13.7. The minimum atomic E-state index is -5.34. The molecule has 1 aliphatic rings. The van der Waals surface area contributed by atoms with E-state index in [1.54, 1.807) is 7.05 Å². The molecule has 0 aliphatic carbocycles. The van der Waals surface area contributed by atoms with Crippen molar-refractivity contribution in [3.8, 4) is 0 Å². The van der Waals surface area contributed by atoms with Crippen LogP contribution in [0.1, 0.15) is 13.2 Å². The number of anilines is 2. The van der Waals surface area contributed by atoms with Gasteiger partial charge in [-0.05, 0) is 6.92 Å². The fraction of sp³-hybridized carbons (Fsp3) is 0.583.